The van der Waals surface area contributed by atoms with Crippen LogP contribution < -0.4 is 19.1 Å². The summed E-state index contributed by atoms with van der Waals surface area (Å²) >= 11 is 5.99. The minimum absolute atomic E-state index is 0.0495. The van der Waals surface area contributed by atoms with Gasteiger partial charge in [-0.1, -0.05) is 29.3 Å². The minimum atomic E-state index is -4.12. The molecule has 0 aliphatic rings. The number of carbonyl (C=O) groups is 1. The lowest BCUT2D eigenvalue weighted by molar-refractivity contribution is -0.114. The van der Waals surface area contributed by atoms with Crippen LogP contribution in [-0.4, -0.2) is 35.1 Å². The van der Waals surface area contributed by atoms with E-state index in [1.54, 1.807) is 49.4 Å². The molecule has 0 bridgehead atoms. The van der Waals surface area contributed by atoms with E-state index in [1.807, 2.05) is 6.92 Å². The number of hydrogen-bond acceptors (Lipinski definition) is 5. The first-order valence-corrected chi connectivity index (χ1v) is 11.8. The minimum Gasteiger partial charge on any atom is -0.497 e. The molecule has 0 spiro atoms. The summed E-state index contributed by atoms with van der Waals surface area (Å²) < 4.78 is 39.0. The number of carbonyl (C=O) groups excluding carboxylic acids is 1. The van der Waals surface area contributed by atoms with Crippen molar-refractivity contribution in [3.05, 3.63) is 76.8 Å². The van der Waals surface area contributed by atoms with Crippen LogP contribution in [-0.2, 0) is 14.8 Å². The number of halogens is 1. The SMILES string of the molecule is COc1ccc(OC)c(N(CC(=O)Nc2ccc(Cl)cc2C)S(=O)(=O)c2ccc(C)cc2)c1. The van der Waals surface area contributed by atoms with Gasteiger partial charge in [-0.05, 0) is 61.9 Å². The topological polar surface area (TPSA) is 84.9 Å². The molecule has 1 amide bonds. The summed E-state index contributed by atoms with van der Waals surface area (Å²) in [6.07, 6.45) is 0. The van der Waals surface area contributed by atoms with Crippen molar-refractivity contribution in [1.29, 1.82) is 0 Å². The number of aryl methyl sites for hydroxylation is 2. The zero-order valence-corrected chi connectivity index (χ0v) is 20.3. The molecule has 0 radical (unpaired) electrons. The molecule has 0 unspecified atom stereocenters. The maximum absolute atomic E-state index is 13.6. The predicted octanol–water partition coefficient (Wildman–Crippen LogP) is 4.81. The zero-order chi connectivity index (χ0) is 24.2. The molecule has 0 fully saturated rings. The van der Waals surface area contributed by atoms with Crippen molar-refractivity contribution in [1.82, 2.24) is 0 Å². The van der Waals surface area contributed by atoms with Crippen molar-refractivity contribution in [2.45, 2.75) is 18.7 Å². The molecule has 3 aromatic carbocycles. The van der Waals surface area contributed by atoms with Crippen LogP contribution >= 0.6 is 11.6 Å². The molecule has 0 saturated heterocycles. The number of rotatable bonds is 8. The lowest BCUT2D eigenvalue weighted by Crippen LogP contribution is -2.38. The average Bonchev–Trinajstić information content (AvgIpc) is 2.79. The largest absolute Gasteiger partial charge is 0.497 e. The van der Waals surface area contributed by atoms with Gasteiger partial charge in [0.05, 0.1) is 24.8 Å². The zero-order valence-electron chi connectivity index (χ0n) is 18.8. The van der Waals surface area contributed by atoms with Gasteiger partial charge in [-0.15, -0.1) is 0 Å². The molecule has 0 atom stereocenters. The number of nitrogens with one attached hydrogen (secondary N) is 1. The van der Waals surface area contributed by atoms with Gasteiger partial charge in [0.1, 0.15) is 18.0 Å². The van der Waals surface area contributed by atoms with E-state index < -0.39 is 22.5 Å². The molecule has 3 rings (SSSR count). The number of hydrogen-bond donors (Lipinski definition) is 1. The Bertz CT molecular complexity index is 1260. The number of sulfonamides is 1. The molecule has 1 N–H and O–H groups in total. The molecule has 0 aromatic heterocycles. The first-order valence-electron chi connectivity index (χ1n) is 10.0. The maximum atomic E-state index is 13.6. The Balaban J connectivity index is 2.05. The number of ether oxygens (including phenoxy) is 2. The van der Waals surface area contributed by atoms with Crippen LogP contribution in [0.4, 0.5) is 11.4 Å². The summed E-state index contributed by atoms with van der Waals surface area (Å²) in [5, 5.41) is 3.30. The third-order valence-corrected chi connectivity index (χ3v) is 7.02. The molecule has 0 aliphatic carbocycles. The van der Waals surface area contributed by atoms with Crippen molar-refractivity contribution < 1.29 is 22.7 Å². The highest BCUT2D eigenvalue weighted by Crippen LogP contribution is 2.35. The van der Waals surface area contributed by atoms with Gasteiger partial charge in [-0.3, -0.25) is 9.10 Å². The summed E-state index contributed by atoms with van der Waals surface area (Å²) in [4.78, 5) is 13.0. The van der Waals surface area contributed by atoms with Crippen molar-refractivity contribution in [2.24, 2.45) is 0 Å². The molecule has 0 saturated carbocycles. The van der Waals surface area contributed by atoms with Gasteiger partial charge >= 0.3 is 0 Å². The highest BCUT2D eigenvalue weighted by Gasteiger charge is 2.30. The van der Waals surface area contributed by atoms with E-state index in [4.69, 9.17) is 21.1 Å². The van der Waals surface area contributed by atoms with Crippen LogP contribution in [0.5, 0.6) is 11.5 Å². The first-order chi connectivity index (χ1) is 15.6. The Kier molecular flexibility index (Phi) is 7.50. The van der Waals surface area contributed by atoms with Crippen molar-refractivity contribution in [3.63, 3.8) is 0 Å². The fraction of sp³-hybridized carbons (Fsp3) is 0.208. The van der Waals surface area contributed by atoms with E-state index in [9.17, 15) is 13.2 Å². The van der Waals surface area contributed by atoms with Crippen LogP contribution in [0.2, 0.25) is 5.02 Å². The van der Waals surface area contributed by atoms with Crippen molar-refractivity contribution in [3.8, 4) is 11.5 Å². The predicted molar refractivity (Wildman–Crippen MR) is 130 cm³/mol. The van der Waals surface area contributed by atoms with E-state index in [2.05, 4.69) is 5.32 Å². The summed E-state index contributed by atoms with van der Waals surface area (Å²) in [5.74, 6) is 0.173. The number of benzene rings is 3. The van der Waals surface area contributed by atoms with Gasteiger partial charge in [0.2, 0.25) is 5.91 Å². The van der Waals surface area contributed by atoms with E-state index >= 15 is 0 Å². The molecule has 7 nitrogen and oxygen atoms in total. The molecule has 174 valence electrons. The molecule has 3 aromatic rings. The number of methoxy groups -OCH3 is 2. The van der Waals surface area contributed by atoms with Gasteiger partial charge in [0.25, 0.3) is 10.0 Å². The standard InChI is InChI=1S/C24H25ClN2O5S/c1-16-5-9-20(10-6-16)33(29,30)27(22-14-19(31-3)8-12-23(22)32-4)15-24(28)26-21-11-7-18(25)13-17(21)2/h5-14H,15H2,1-4H3,(H,26,28). The Morgan fingerprint density at radius 3 is 2.27 bits per heavy atom. The van der Waals surface area contributed by atoms with Crippen LogP contribution in [0.3, 0.4) is 0 Å². The second-order valence-corrected chi connectivity index (χ2v) is 9.67. The monoisotopic (exact) mass is 488 g/mol. The van der Waals surface area contributed by atoms with E-state index in [-0.39, 0.29) is 16.3 Å². The lowest BCUT2D eigenvalue weighted by Gasteiger charge is -2.26. The lowest BCUT2D eigenvalue weighted by atomic mass is 10.2. The summed E-state index contributed by atoms with van der Waals surface area (Å²) in [7, 11) is -1.21. The Hall–Kier alpha value is -3.23. The summed E-state index contributed by atoms with van der Waals surface area (Å²) in [6, 6.07) is 16.2. The van der Waals surface area contributed by atoms with Gasteiger partial charge in [-0.25, -0.2) is 8.42 Å². The van der Waals surface area contributed by atoms with Gasteiger partial charge in [-0.2, -0.15) is 0 Å². The van der Waals surface area contributed by atoms with Crippen molar-refractivity contribution in [2.75, 3.05) is 30.4 Å². The molecular formula is C24H25ClN2O5S. The smallest absolute Gasteiger partial charge is 0.264 e. The highest BCUT2D eigenvalue weighted by atomic mass is 35.5. The molecule has 33 heavy (non-hydrogen) atoms. The second kappa shape index (κ2) is 10.1. The van der Waals surface area contributed by atoms with Crippen LogP contribution in [0.15, 0.2) is 65.6 Å². The van der Waals surface area contributed by atoms with Gasteiger partial charge in [0.15, 0.2) is 0 Å². The molecule has 9 heteroatoms. The average molecular weight is 489 g/mol. The fourth-order valence-electron chi connectivity index (χ4n) is 3.22. The Labute approximate surface area is 198 Å². The van der Waals surface area contributed by atoms with E-state index in [0.717, 1.165) is 15.4 Å². The second-order valence-electron chi connectivity index (χ2n) is 7.37. The molecule has 0 heterocycles. The van der Waals surface area contributed by atoms with E-state index in [0.29, 0.717) is 16.5 Å². The molecular weight excluding hydrogens is 464 g/mol. The Morgan fingerprint density at radius 1 is 0.970 bits per heavy atom. The van der Waals surface area contributed by atoms with Crippen molar-refractivity contribution >= 4 is 38.9 Å². The normalized spacial score (nSPS) is 11.1. The Morgan fingerprint density at radius 2 is 1.67 bits per heavy atom. The van der Waals surface area contributed by atoms with Gasteiger partial charge < -0.3 is 14.8 Å². The van der Waals surface area contributed by atoms with Crippen LogP contribution in [0.1, 0.15) is 11.1 Å². The maximum Gasteiger partial charge on any atom is 0.264 e. The quantitative estimate of drug-likeness (QED) is 0.492. The van der Waals surface area contributed by atoms with Crippen LogP contribution in [0.25, 0.3) is 0 Å². The fourth-order valence-corrected chi connectivity index (χ4v) is 4.87. The first kappa shape index (κ1) is 24.4. The third kappa shape index (κ3) is 5.58. The number of amides is 1. The summed E-state index contributed by atoms with van der Waals surface area (Å²) in [6.45, 7) is 3.18. The summed E-state index contributed by atoms with van der Waals surface area (Å²) in [5.41, 5.74) is 2.38. The molecule has 0 aliphatic heterocycles. The van der Waals surface area contributed by atoms with E-state index in [1.165, 1.54) is 32.4 Å². The van der Waals surface area contributed by atoms with Crippen LogP contribution in [0, 0.1) is 13.8 Å². The van der Waals surface area contributed by atoms with Gasteiger partial charge in [0, 0.05) is 16.8 Å². The number of nitrogens with zero attached hydrogens (tertiary/aromatic N) is 1. The highest BCUT2D eigenvalue weighted by molar-refractivity contribution is 7.92. The number of anilines is 2. The third-order valence-electron chi connectivity index (χ3n) is 5.01.